The minimum Gasteiger partial charge on any atom is -0.506 e. The molecule has 0 spiro atoms. The zero-order valence-corrected chi connectivity index (χ0v) is 13.8. The lowest BCUT2D eigenvalue weighted by molar-refractivity contribution is -0.136. The van der Waals surface area contributed by atoms with Crippen LogP contribution in [0.25, 0.3) is 11.1 Å². The molecule has 1 amide bonds. The molecule has 0 aromatic heterocycles. The van der Waals surface area contributed by atoms with E-state index in [4.69, 9.17) is 21.1 Å². The van der Waals surface area contributed by atoms with Crippen LogP contribution >= 0.6 is 11.6 Å². The van der Waals surface area contributed by atoms with E-state index in [2.05, 4.69) is 5.32 Å². The lowest BCUT2D eigenvalue weighted by atomic mass is 10.0. The lowest BCUT2D eigenvalue weighted by Gasteiger charge is -2.23. The maximum Gasteiger partial charge on any atom is 0.255 e. The Kier molecular flexibility index (Phi) is 5.35. The summed E-state index contributed by atoms with van der Waals surface area (Å²) in [6, 6.07) is 12.8. The Morgan fingerprint density at radius 1 is 1.25 bits per heavy atom. The van der Waals surface area contributed by atoms with Crippen LogP contribution in [0.4, 0.5) is 0 Å². The van der Waals surface area contributed by atoms with Gasteiger partial charge in [0.15, 0.2) is 0 Å². The topological polar surface area (TPSA) is 67.8 Å². The number of benzene rings is 2. The van der Waals surface area contributed by atoms with E-state index in [0.29, 0.717) is 13.2 Å². The number of halogens is 1. The van der Waals surface area contributed by atoms with Gasteiger partial charge in [0, 0.05) is 6.54 Å². The van der Waals surface area contributed by atoms with E-state index < -0.39 is 0 Å². The molecule has 0 bridgehead atoms. The van der Waals surface area contributed by atoms with E-state index in [0.717, 1.165) is 17.5 Å². The summed E-state index contributed by atoms with van der Waals surface area (Å²) >= 11 is 6.09. The van der Waals surface area contributed by atoms with Gasteiger partial charge in [0.05, 0.1) is 23.3 Å². The average molecular weight is 348 g/mol. The molecule has 2 aromatic rings. The minimum absolute atomic E-state index is 0.0855. The van der Waals surface area contributed by atoms with E-state index in [1.165, 1.54) is 0 Å². The molecular weight excluding hydrogens is 330 g/mol. The van der Waals surface area contributed by atoms with E-state index in [1.54, 1.807) is 12.1 Å². The van der Waals surface area contributed by atoms with Crippen LogP contribution in [0, 0.1) is 0 Å². The second-order valence-corrected chi connectivity index (χ2v) is 5.94. The Morgan fingerprint density at radius 3 is 2.75 bits per heavy atom. The minimum atomic E-state index is -0.387. The van der Waals surface area contributed by atoms with Gasteiger partial charge in [-0.25, -0.2) is 0 Å². The van der Waals surface area contributed by atoms with Crippen molar-refractivity contribution in [2.24, 2.45) is 0 Å². The third kappa shape index (κ3) is 3.87. The van der Waals surface area contributed by atoms with Crippen LogP contribution in [0.3, 0.4) is 0 Å². The molecule has 126 valence electrons. The van der Waals surface area contributed by atoms with Crippen LogP contribution < -0.4 is 5.32 Å². The van der Waals surface area contributed by atoms with Crippen molar-refractivity contribution >= 4 is 17.5 Å². The predicted molar refractivity (Wildman–Crippen MR) is 91.2 cm³/mol. The van der Waals surface area contributed by atoms with Gasteiger partial charge in [-0.1, -0.05) is 41.9 Å². The van der Waals surface area contributed by atoms with Crippen molar-refractivity contribution in [2.75, 3.05) is 19.9 Å². The van der Waals surface area contributed by atoms with Crippen molar-refractivity contribution in [1.82, 2.24) is 5.32 Å². The Labute approximate surface area is 145 Å². The summed E-state index contributed by atoms with van der Waals surface area (Å²) in [5.41, 5.74) is 1.83. The molecule has 1 aliphatic rings. The summed E-state index contributed by atoms with van der Waals surface area (Å²) in [7, 11) is 0. The van der Waals surface area contributed by atoms with Crippen molar-refractivity contribution in [2.45, 2.75) is 12.5 Å². The highest BCUT2D eigenvalue weighted by atomic mass is 35.5. The summed E-state index contributed by atoms with van der Waals surface area (Å²) < 4.78 is 10.5. The number of rotatable bonds is 4. The number of carbonyl (C=O) groups is 1. The van der Waals surface area contributed by atoms with E-state index in [1.807, 2.05) is 30.3 Å². The molecule has 0 unspecified atom stereocenters. The van der Waals surface area contributed by atoms with Crippen LogP contribution in [-0.4, -0.2) is 37.1 Å². The molecule has 0 radical (unpaired) electrons. The fourth-order valence-electron chi connectivity index (χ4n) is 2.53. The van der Waals surface area contributed by atoms with Gasteiger partial charge in [0.2, 0.25) is 0 Å². The molecule has 1 heterocycles. The standard InChI is InChI=1S/C18H18ClNO4/c19-16-9-13(12-4-2-1-3-5-12)8-15(17(16)21)18(22)20-10-14-6-7-23-11-24-14/h1-5,8-9,14,21H,6-7,10-11H2,(H,20,22)/t14-/m1/s1. The number of hydrogen-bond donors (Lipinski definition) is 2. The van der Waals surface area contributed by atoms with E-state index in [9.17, 15) is 9.90 Å². The molecule has 24 heavy (non-hydrogen) atoms. The zero-order valence-electron chi connectivity index (χ0n) is 13.0. The van der Waals surface area contributed by atoms with Crippen LogP contribution in [0.5, 0.6) is 5.75 Å². The monoisotopic (exact) mass is 347 g/mol. The van der Waals surface area contributed by atoms with Crippen molar-refractivity contribution in [1.29, 1.82) is 0 Å². The number of phenols is 1. The fourth-order valence-corrected chi connectivity index (χ4v) is 2.75. The first-order chi connectivity index (χ1) is 11.6. The molecule has 1 atom stereocenters. The molecule has 2 aromatic carbocycles. The number of carbonyl (C=O) groups excluding carboxylic acids is 1. The molecule has 0 aliphatic carbocycles. The molecule has 6 heteroatoms. The Bertz CT molecular complexity index is 714. The molecule has 1 fully saturated rings. The summed E-state index contributed by atoms with van der Waals surface area (Å²) in [4.78, 5) is 12.4. The Balaban J connectivity index is 1.78. The highest BCUT2D eigenvalue weighted by Crippen LogP contribution is 2.33. The SMILES string of the molecule is O=C(NC[C@H]1CCOCO1)c1cc(-c2ccccc2)cc(Cl)c1O. The van der Waals surface area contributed by atoms with Gasteiger partial charge < -0.3 is 19.9 Å². The first kappa shape index (κ1) is 16.8. The summed E-state index contributed by atoms with van der Waals surface area (Å²) in [5, 5.41) is 13.1. The molecule has 1 aliphatic heterocycles. The summed E-state index contributed by atoms with van der Waals surface area (Å²) in [6.45, 7) is 1.21. The Hall–Kier alpha value is -2.08. The van der Waals surface area contributed by atoms with Gasteiger partial charge in [-0.3, -0.25) is 4.79 Å². The maximum atomic E-state index is 12.4. The van der Waals surface area contributed by atoms with Crippen LogP contribution in [-0.2, 0) is 9.47 Å². The van der Waals surface area contributed by atoms with Crippen LogP contribution in [0.15, 0.2) is 42.5 Å². The Morgan fingerprint density at radius 2 is 2.04 bits per heavy atom. The van der Waals surface area contributed by atoms with Crippen LogP contribution in [0.1, 0.15) is 16.8 Å². The normalized spacial score (nSPS) is 17.5. The third-order valence-electron chi connectivity index (χ3n) is 3.88. The molecule has 1 saturated heterocycles. The second-order valence-electron chi connectivity index (χ2n) is 5.53. The number of phenolic OH excluding ortho intramolecular Hbond substituents is 1. The van der Waals surface area contributed by atoms with Crippen molar-refractivity contribution in [3.05, 3.63) is 53.1 Å². The highest BCUT2D eigenvalue weighted by molar-refractivity contribution is 6.33. The number of ether oxygens (including phenoxy) is 2. The first-order valence-electron chi connectivity index (χ1n) is 7.70. The molecule has 0 saturated carbocycles. The van der Waals surface area contributed by atoms with Gasteiger partial charge in [-0.2, -0.15) is 0 Å². The average Bonchev–Trinajstić information content (AvgIpc) is 2.63. The largest absolute Gasteiger partial charge is 0.506 e. The number of amides is 1. The smallest absolute Gasteiger partial charge is 0.255 e. The van der Waals surface area contributed by atoms with Gasteiger partial charge in [-0.05, 0) is 29.7 Å². The second kappa shape index (κ2) is 7.66. The quantitative estimate of drug-likeness (QED) is 0.891. The number of hydrogen-bond acceptors (Lipinski definition) is 4. The van der Waals surface area contributed by atoms with Crippen molar-refractivity contribution in [3.63, 3.8) is 0 Å². The van der Waals surface area contributed by atoms with Gasteiger partial charge in [0.25, 0.3) is 5.91 Å². The third-order valence-corrected chi connectivity index (χ3v) is 4.16. The zero-order chi connectivity index (χ0) is 16.9. The van der Waals surface area contributed by atoms with Gasteiger partial charge >= 0.3 is 0 Å². The van der Waals surface area contributed by atoms with Crippen LogP contribution in [0.2, 0.25) is 5.02 Å². The molecular formula is C18H18ClNO4. The van der Waals surface area contributed by atoms with E-state index in [-0.39, 0.29) is 35.1 Å². The lowest BCUT2D eigenvalue weighted by Crippen LogP contribution is -2.37. The van der Waals surface area contributed by atoms with Crippen molar-refractivity contribution < 1.29 is 19.4 Å². The highest BCUT2D eigenvalue weighted by Gasteiger charge is 2.19. The molecule has 5 nitrogen and oxygen atoms in total. The summed E-state index contributed by atoms with van der Waals surface area (Å²) in [6.07, 6.45) is 0.634. The van der Waals surface area contributed by atoms with Gasteiger partial charge in [-0.15, -0.1) is 0 Å². The number of aromatic hydroxyl groups is 1. The van der Waals surface area contributed by atoms with E-state index >= 15 is 0 Å². The summed E-state index contributed by atoms with van der Waals surface area (Å²) in [5.74, 6) is -0.607. The maximum absolute atomic E-state index is 12.4. The predicted octanol–water partition coefficient (Wildman–Crippen LogP) is 3.21. The van der Waals surface area contributed by atoms with Crippen molar-refractivity contribution in [3.8, 4) is 16.9 Å². The first-order valence-corrected chi connectivity index (χ1v) is 8.08. The number of nitrogens with one attached hydrogen (secondary N) is 1. The molecule has 2 N–H and O–H groups in total. The van der Waals surface area contributed by atoms with Gasteiger partial charge in [0.1, 0.15) is 12.5 Å². The molecule has 3 rings (SSSR count). The fraction of sp³-hybridized carbons (Fsp3) is 0.278.